The van der Waals surface area contributed by atoms with E-state index in [0.29, 0.717) is 6.54 Å². The molecule has 0 fully saturated rings. The molecule has 0 amide bonds. The summed E-state index contributed by atoms with van der Waals surface area (Å²) in [7, 11) is 0. The Balaban J connectivity index is 1.53. The van der Waals surface area contributed by atoms with Gasteiger partial charge in [0.25, 0.3) is 0 Å². The van der Waals surface area contributed by atoms with Gasteiger partial charge in [-0.05, 0) is 43.2 Å². The summed E-state index contributed by atoms with van der Waals surface area (Å²) in [5, 5.41) is 10.7. The van der Waals surface area contributed by atoms with Crippen molar-refractivity contribution in [1.82, 2.24) is 9.55 Å². The number of aryl methyl sites for hydroxylation is 2. The van der Waals surface area contributed by atoms with Gasteiger partial charge in [0, 0.05) is 6.42 Å². The van der Waals surface area contributed by atoms with E-state index in [9.17, 15) is 5.11 Å². The summed E-state index contributed by atoms with van der Waals surface area (Å²) in [6.07, 6.45) is 0.0861. The monoisotopic (exact) mass is 386 g/mol. The lowest BCUT2D eigenvalue weighted by atomic mass is 10.1. The van der Waals surface area contributed by atoms with Gasteiger partial charge in [-0.3, -0.25) is 0 Å². The van der Waals surface area contributed by atoms with Gasteiger partial charge in [-0.25, -0.2) is 4.98 Å². The Bertz CT molecular complexity index is 1100. The molecule has 4 aromatic rings. The second-order valence-electron chi connectivity index (χ2n) is 7.52. The number of aliphatic hydroxyl groups excluding tert-OH is 1. The summed E-state index contributed by atoms with van der Waals surface area (Å²) in [5.41, 5.74) is 5.45. The fourth-order valence-electron chi connectivity index (χ4n) is 3.65. The summed E-state index contributed by atoms with van der Waals surface area (Å²) in [6.45, 7) is 4.76. The van der Waals surface area contributed by atoms with Crippen molar-refractivity contribution < 1.29 is 9.84 Å². The minimum atomic E-state index is -0.636. The number of fused-ring (bicyclic) bond motifs is 1. The first kappa shape index (κ1) is 19.2. The van der Waals surface area contributed by atoms with Crippen LogP contribution in [0.4, 0.5) is 0 Å². The molecule has 0 saturated carbocycles. The highest BCUT2D eigenvalue weighted by atomic mass is 16.5. The van der Waals surface area contributed by atoms with Gasteiger partial charge in [-0.15, -0.1) is 0 Å². The van der Waals surface area contributed by atoms with Gasteiger partial charge in [0.15, 0.2) is 0 Å². The van der Waals surface area contributed by atoms with E-state index in [2.05, 4.69) is 35.8 Å². The zero-order valence-corrected chi connectivity index (χ0v) is 16.9. The Hall–Kier alpha value is -3.11. The van der Waals surface area contributed by atoms with Crippen molar-refractivity contribution in [2.24, 2.45) is 0 Å². The molecule has 0 bridgehead atoms. The van der Waals surface area contributed by atoms with E-state index in [1.165, 1.54) is 11.1 Å². The van der Waals surface area contributed by atoms with Crippen LogP contribution in [0.5, 0.6) is 5.75 Å². The van der Waals surface area contributed by atoms with Crippen molar-refractivity contribution in [3.63, 3.8) is 0 Å². The van der Waals surface area contributed by atoms with Crippen LogP contribution in [-0.2, 0) is 13.0 Å². The summed E-state index contributed by atoms with van der Waals surface area (Å²) < 4.78 is 8.00. The van der Waals surface area contributed by atoms with Crippen molar-refractivity contribution >= 4 is 11.0 Å². The molecular weight excluding hydrogens is 360 g/mol. The Morgan fingerprint density at radius 1 is 0.966 bits per heavy atom. The minimum absolute atomic E-state index is 0.237. The molecule has 0 aliphatic heterocycles. The first-order valence-corrected chi connectivity index (χ1v) is 9.96. The smallest absolute Gasteiger partial charge is 0.122 e. The lowest BCUT2D eigenvalue weighted by molar-refractivity contribution is 0.0925. The van der Waals surface area contributed by atoms with E-state index in [1.807, 2.05) is 55.5 Å². The molecule has 1 N–H and O–H groups in total. The number of para-hydroxylation sites is 2. The molecule has 4 nitrogen and oxygen atoms in total. The summed E-state index contributed by atoms with van der Waals surface area (Å²) in [4.78, 5) is 4.81. The Morgan fingerprint density at radius 2 is 1.72 bits per heavy atom. The first-order chi connectivity index (χ1) is 14.1. The maximum Gasteiger partial charge on any atom is 0.122 e. The van der Waals surface area contributed by atoms with Crippen molar-refractivity contribution in [2.45, 2.75) is 32.9 Å². The van der Waals surface area contributed by atoms with Gasteiger partial charge < -0.3 is 14.4 Å². The number of hydrogen-bond donors (Lipinski definition) is 1. The average Bonchev–Trinajstić information content (AvgIpc) is 3.05. The number of rotatable bonds is 7. The Morgan fingerprint density at radius 3 is 2.52 bits per heavy atom. The molecule has 0 radical (unpaired) electrons. The predicted octanol–water partition coefficient (Wildman–Crippen LogP) is 4.68. The van der Waals surface area contributed by atoms with Crippen molar-refractivity contribution in [2.75, 3.05) is 6.61 Å². The topological polar surface area (TPSA) is 47.3 Å². The molecule has 4 rings (SSSR count). The lowest BCUT2D eigenvalue weighted by Gasteiger charge is -2.17. The highest BCUT2D eigenvalue weighted by molar-refractivity contribution is 5.76. The molecule has 0 aliphatic rings. The largest absolute Gasteiger partial charge is 0.491 e. The number of benzene rings is 3. The zero-order valence-electron chi connectivity index (χ0n) is 16.9. The quantitative estimate of drug-likeness (QED) is 0.501. The van der Waals surface area contributed by atoms with Gasteiger partial charge in [-0.2, -0.15) is 0 Å². The normalized spacial score (nSPS) is 12.2. The third kappa shape index (κ3) is 4.49. The standard InChI is InChI=1S/C25H26N2O2/c1-18-12-13-24(19(2)14-18)29-17-21(28)16-27-23-11-7-6-10-22(23)26-25(27)15-20-8-4-3-5-9-20/h3-14,21,28H,15-17H2,1-2H3/t21-/m1/s1. The molecule has 3 aromatic carbocycles. The van der Waals surface area contributed by atoms with Crippen LogP contribution in [0.15, 0.2) is 72.8 Å². The Labute approximate surface area is 171 Å². The second kappa shape index (κ2) is 8.50. The molecule has 1 aromatic heterocycles. The van der Waals surface area contributed by atoms with Crippen LogP contribution >= 0.6 is 0 Å². The molecule has 1 atom stereocenters. The number of aromatic nitrogens is 2. The number of imidazole rings is 1. The molecule has 4 heteroatoms. The van der Waals surface area contributed by atoms with Crippen LogP contribution < -0.4 is 4.74 Å². The van der Waals surface area contributed by atoms with E-state index < -0.39 is 6.10 Å². The van der Waals surface area contributed by atoms with Gasteiger partial charge in [0.05, 0.1) is 17.6 Å². The SMILES string of the molecule is Cc1ccc(OC[C@H](O)Cn2c(Cc3ccccc3)nc3ccccc32)c(C)c1. The molecule has 0 spiro atoms. The van der Waals surface area contributed by atoms with Crippen LogP contribution in [0.2, 0.25) is 0 Å². The van der Waals surface area contributed by atoms with E-state index in [-0.39, 0.29) is 6.61 Å². The summed E-state index contributed by atoms with van der Waals surface area (Å²) in [5.74, 6) is 1.76. The Kier molecular flexibility index (Phi) is 5.63. The molecule has 148 valence electrons. The number of hydrogen-bond acceptors (Lipinski definition) is 3. The highest BCUT2D eigenvalue weighted by Gasteiger charge is 2.15. The third-order valence-corrected chi connectivity index (χ3v) is 5.09. The second-order valence-corrected chi connectivity index (χ2v) is 7.52. The number of ether oxygens (including phenoxy) is 1. The highest BCUT2D eigenvalue weighted by Crippen LogP contribution is 2.21. The molecular formula is C25H26N2O2. The minimum Gasteiger partial charge on any atom is -0.491 e. The fraction of sp³-hybridized carbons (Fsp3) is 0.240. The van der Waals surface area contributed by atoms with Crippen LogP contribution in [0, 0.1) is 13.8 Å². The first-order valence-electron chi connectivity index (χ1n) is 9.96. The molecule has 0 aliphatic carbocycles. The van der Waals surface area contributed by atoms with Crippen molar-refractivity contribution in [1.29, 1.82) is 0 Å². The lowest BCUT2D eigenvalue weighted by Crippen LogP contribution is -2.25. The molecule has 0 unspecified atom stereocenters. The zero-order chi connectivity index (χ0) is 20.2. The molecule has 0 saturated heterocycles. The van der Waals surface area contributed by atoms with Crippen LogP contribution in [0.3, 0.4) is 0 Å². The van der Waals surface area contributed by atoms with E-state index >= 15 is 0 Å². The predicted molar refractivity (Wildman–Crippen MR) is 116 cm³/mol. The maximum atomic E-state index is 10.7. The van der Waals surface area contributed by atoms with E-state index in [0.717, 1.165) is 34.6 Å². The molecule has 29 heavy (non-hydrogen) atoms. The summed E-state index contributed by atoms with van der Waals surface area (Å²) in [6, 6.07) is 24.4. The van der Waals surface area contributed by atoms with Gasteiger partial charge in [0.1, 0.15) is 24.3 Å². The van der Waals surface area contributed by atoms with Crippen LogP contribution in [-0.4, -0.2) is 27.4 Å². The summed E-state index contributed by atoms with van der Waals surface area (Å²) >= 11 is 0. The van der Waals surface area contributed by atoms with Gasteiger partial charge in [0.2, 0.25) is 0 Å². The maximum absolute atomic E-state index is 10.7. The van der Waals surface area contributed by atoms with Gasteiger partial charge in [-0.1, -0.05) is 60.2 Å². The molecule has 1 heterocycles. The average molecular weight is 386 g/mol. The van der Waals surface area contributed by atoms with Crippen LogP contribution in [0.1, 0.15) is 22.5 Å². The van der Waals surface area contributed by atoms with Gasteiger partial charge >= 0.3 is 0 Å². The number of aliphatic hydroxyl groups is 1. The fourth-order valence-corrected chi connectivity index (χ4v) is 3.65. The van der Waals surface area contributed by atoms with E-state index in [1.54, 1.807) is 0 Å². The third-order valence-electron chi connectivity index (χ3n) is 5.09. The van der Waals surface area contributed by atoms with Crippen molar-refractivity contribution in [3.05, 3.63) is 95.3 Å². The van der Waals surface area contributed by atoms with E-state index in [4.69, 9.17) is 9.72 Å². The van der Waals surface area contributed by atoms with Crippen LogP contribution in [0.25, 0.3) is 11.0 Å². The van der Waals surface area contributed by atoms with Crippen molar-refractivity contribution in [3.8, 4) is 5.75 Å². The number of nitrogens with zero attached hydrogens (tertiary/aromatic N) is 2.